The van der Waals surface area contributed by atoms with Crippen molar-refractivity contribution >= 4 is 33.2 Å². The summed E-state index contributed by atoms with van der Waals surface area (Å²) in [5, 5.41) is 2.60. The highest BCUT2D eigenvalue weighted by Gasteiger charge is 2.33. The van der Waals surface area contributed by atoms with Gasteiger partial charge in [0.25, 0.3) is 0 Å². The van der Waals surface area contributed by atoms with Crippen LogP contribution in [-0.4, -0.2) is 31.7 Å². The number of sulfonamides is 1. The van der Waals surface area contributed by atoms with Crippen molar-refractivity contribution in [3.63, 3.8) is 0 Å². The van der Waals surface area contributed by atoms with Gasteiger partial charge in [-0.2, -0.15) is 4.31 Å². The van der Waals surface area contributed by atoms with Gasteiger partial charge in [0, 0.05) is 18.8 Å². The minimum atomic E-state index is -3.65. The van der Waals surface area contributed by atoms with E-state index in [2.05, 4.69) is 5.32 Å². The van der Waals surface area contributed by atoms with E-state index in [0.29, 0.717) is 25.1 Å². The van der Waals surface area contributed by atoms with Crippen molar-refractivity contribution in [1.82, 2.24) is 4.31 Å². The van der Waals surface area contributed by atoms with Crippen LogP contribution in [0.4, 0.5) is 10.1 Å². The molecule has 1 aliphatic heterocycles. The highest BCUT2D eigenvalue weighted by molar-refractivity contribution is 7.89. The van der Waals surface area contributed by atoms with Gasteiger partial charge in [0.05, 0.1) is 15.8 Å². The molecule has 1 amide bonds. The third-order valence-electron chi connectivity index (χ3n) is 4.60. The van der Waals surface area contributed by atoms with Gasteiger partial charge in [0.15, 0.2) is 0 Å². The number of amides is 1. The summed E-state index contributed by atoms with van der Waals surface area (Å²) in [5.41, 5.74) is 1.35. The third kappa shape index (κ3) is 4.48. The molecule has 8 heteroatoms. The van der Waals surface area contributed by atoms with Gasteiger partial charge in [0.2, 0.25) is 15.9 Å². The summed E-state index contributed by atoms with van der Waals surface area (Å²) < 4.78 is 40.3. The highest BCUT2D eigenvalue weighted by Crippen LogP contribution is 2.26. The van der Waals surface area contributed by atoms with Crippen LogP contribution in [-0.2, 0) is 14.8 Å². The second-order valence-corrected chi connectivity index (χ2v) is 8.98. The van der Waals surface area contributed by atoms with E-state index in [1.807, 2.05) is 6.92 Å². The molecule has 0 saturated carbocycles. The van der Waals surface area contributed by atoms with Crippen LogP contribution in [0.5, 0.6) is 0 Å². The van der Waals surface area contributed by atoms with Crippen LogP contribution in [0.2, 0.25) is 5.02 Å². The summed E-state index contributed by atoms with van der Waals surface area (Å²) in [6, 6.07) is 10.6. The molecule has 0 aliphatic carbocycles. The van der Waals surface area contributed by atoms with Crippen LogP contribution in [0.1, 0.15) is 18.4 Å². The molecule has 1 atom stereocenters. The number of rotatable bonds is 4. The van der Waals surface area contributed by atoms with Crippen molar-refractivity contribution < 1.29 is 17.6 Å². The van der Waals surface area contributed by atoms with Crippen molar-refractivity contribution in [2.24, 2.45) is 5.92 Å². The Morgan fingerprint density at radius 2 is 1.93 bits per heavy atom. The van der Waals surface area contributed by atoms with Gasteiger partial charge in [-0.05, 0) is 50.1 Å². The Morgan fingerprint density at radius 1 is 1.22 bits per heavy atom. The second kappa shape index (κ2) is 7.96. The fourth-order valence-electron chi connectivity index (χ4n) is 3.05. The summed E-state index contributed by atoms with van der Waals surface area (Å²) >= 11 is 5.73. The Balaban J connectivity index is 1.72. The normalized spacial score (nSPS) is 18.3. The lowest BCUT2D eigenvalue weighted by Gasteiger charge is -2.31. The van der Waals surface area contributed by atoms with Crippen LogP contribution in [0.3, 0.4) is 0 Å². The number of halogens is 2. The number of anilines is 1. The quantitative estimate of drug-likeness (QED) is 0.833. The number of hydrogen-bond donors (Lipinski definition) is 1. The first-order valence-corrected chi connectivity index (χ1v) is 10.4. The number of nitrogens with zero attached hydrogens (tertiary/aromatic N) is 1. The van der Waals surface area contributed by atoms with Gasteiger partial charge in [-0.1, -0.05) is 29.3 Å². The Labute approximate surface area is 163 Å². The molecule has 1 heterocycles. The van der Waals surface area contributed by atoms with Crippen molar-refractivity contribution in [3.8, 4) is 0 Å². The molecule has 0 bridgehead atoms. The maximum absolute atomic E-state index is 13.2. The van der Waals surface area contributed by atoms with E-state index in [9.17, 15) is 17.6 Å². The maximum Gasteiger partial charge on any atom is 0.243 e. The molecule has 1 aliphatic rings. The molecular weight excluding hydrogens is 391 g/mol. The van der Waals surface area contributed by atoms with E-state index in [-0.39, 0.29) is 22.4 Å². The zero-order valence-corrected chi connectivity index (χ0v) is 16.4. The minimum absolute atomic E-state index is 0.0833. The number of carbonyl (C=O) groups excluding carboxylic acids is 1. The summed E-state index contributed by atoms with van der Waals surface area (Å²) in [5.74, 6) is -1.35. The average molecular weight is 411 g/mol. The molecule has 27 heavy (non-hydrogen) atoms. The second-order valence-electron chi connectivity index (χ2n) is 6.63. The number of piperidine rings is 1. The van der Waals surface area contributed by atoms with Gasteiger partial charge in [-0.15, -0.1) is 0 Å². The van der Waals surface area contributed by atoms with Crippen LogP contribution in [0.25, 0.3) is 0 Å². The van der Waals surface area contributed by atoms with Crippen molar-refractivity contribution in [2.45, 2.75) is 24.7 Å². The van der Waals surface area contributed by atoms with Gasteiger partial charge >= 0.3 is 0 Å². The predicted octanol–water partition coefficient (Wildman–Crippen LogP) is 3.83. The molecule has 2 aromatic rings. The molecule has 0 aromatic heterocycles. The lowest BCUT2D eigenvalue weighted by Crippen LogP contribution is -2.43. The largest absolute Gasteiger partial charge is 0.326 e. The number of nitrogens with one attached hydrogen (secondary N) is 1. The molecular formula is C19H20ClFN2O3S. The number of benzene rings is 2. The SMILES string of the molecule is Cc1ccc(S(=O)(=O)N2CCC[C@@H](C(=O)Nc3ccc(F)c(Cl)c3)C2)cc1. The smallest absolute Gasteiger partial charge is 0.243 e. The van der Waals surface area contributed by atoms with E-state index in [4.69, 9.17) is 11.6 Å². The number of carbonyl (C=O) groups is 1. The van der Waals surface area contributed by atoms with Gasteiger partial charge < -0.3 is 5.32 Å². The first-order valence-electron chi connectivity index (χ1n) is 8.60. The molecule has 2 aromatic carbocycles. The summed E-state index contributed by atoms with van der Waals surface area (Å²) in [6.07, 6.45) is 1.17. The first kappa shape index (κ1) is 19.8. The Morgan fingerprint density at radius 3 is 2.59 bits per heavy atom. The minimum Gasteiger partial charge on any atom is -0.326 e. The molecule has 144 valence electrons. The van der Waals surface area contributed by atoms with Crippen LogP contribution < -0.4 is 5.32 Å². The first-order chi connectivity index (χ1) is 12.8. The van der Waals surface area contributed by atoms with Crippen molar-refractivity contribution in [3.05, 3.63) is 58.9 Å². The van der Waals surface area contributed by atoms with E-state index < -0.39 is 21.8 Å². The fraction of sp³-hybridized carbons (Fsp3) is 0.316. The van der Waals surface area contributed by atoms with E-state index in [0.717, 1.165) is 5.56 Å². The van der Waals surface area contributed by atoms with Crippen LogP contribution in [0.15, 0.2) is 47.4 Å². The third-order valence-corrected chi connectivity index (χ3v) is 6.77. The van der Waals surface area contributed by atoms with Gasteiger partial charge in [-0.25, -0.2) is 12.8 Å². The Kier molecular flexibility index (Phi) is 5.83. The molecule has 0 spiro atoms. The predicted molar refractivity (Wildman–Crippen MR) is 103 cm³/mol. The molecule has 1 N–H and O–H groups in total. The summed E-state index contributed by atoms with van der Waals surface area (Å²) in [4.78, 5) is 12.8. The average Bonchev–Trinajstić information content (AvgIpc) is 2.65. The zero-order chi connectivity index (χ0) is 19.6. The summed E-state index contributed by atoms with van der Waals surface area (Å²) in [7, 11) is -3.65. The standard InChI is InChI=1S/C19H20ClFN2O3S/c1-13-4-7-16(8-5-13)27(25,26)23-10-2-3-14(12-23)19(24)22-15-6-9-18(21)17(20)11-15/h4-9,11,14H,2-3,10,12H2,1H3,(H,22,24)/t14-/m1/s1. The van der Waals surface area contributed by atoms with Crippen molar-refractivity contribution in [2.75, 3.05) is 18.4 Å². The van der Waals surface area contributed by atoms with E-state index in [1.54, 1.807) is 24.3 Å². The van der Waals surface area contributed by atoms with E-state index in [1.165, 1.54) is 22.5 Å². The lowest BCUT2D eigenvalue weighted by atomic mass is 9.99. The van der Waals surface area contributed by atoms with Crippen LogP contribution >= 0.6 is 11.6 Å². The summed E-state index contributed by atoms with van der Waals surface area (Å²) in [6.45, 7) is 2.37. The molecule has 1 fully saturated rings. The van der Waals surface area contributed by atoms with Gasteiger partial charge in [0.1, 0.15) is 5.82 Å². The van der Waals surface area contributed by atoms with E-state index >= 15 is 0 Å². The van der Waals surface area contributed by atoms with Crippen molar-refractivity contribution in [1.29, 1.82) is 0 Å². The lowest BCUT2D eigenvalue weighted by molar-refractivity contribution is -0.120. The Hall–Kier alpha value is -1.96. The topological polar surface area (TPSA) is 66.5 Å². The molecule has 0 unspecified atom stereocenters. The molecule has 0 radical (unpaired) electrons. The number of hydrogen-bond acceptors (Lipinski definition) is 3. The molecule has 5 nitrogen and oxygen atoms in total. The highest BCUT2D eigenvalue weighted by atomic mass is 35.5. The van der Waals surface area contributed by atoms with Gasteiger partial charge in [-0.3, -0.25) is 4.79 Å². The number of aryl methyl sites for hydroxylation is 1. The maximum atomic E-state index is 13.2. The monoisotopic (exact) mass is 410 g/mol. The Bertz CT molecular complexity index is 948. The fourth-order valence-corrected chi connectivity index (χ4v) is 4.76. The molecule has 3 rings (SSSR count). The molecule has 1 saturated heterocycles. The van der Waals surface area contributed by atoms with Crippen LogP contribution in [0, 0.1) is 18.7 Å². The zero-order valence-electron chi connectivity index (χ0n) is 14.8.